The zero-order valence-corrected chi connectivity index (χ0v) is 32.3. The molecule has 4 aliphatic rings. The van der Waals surface area contributed by atoms with Crippen LogP contribution in [0, 0.1) is 11.6 Å². The molecule has 0 spiro atoms. The van der Waals surface area contributed by atoms with E-state index in [1.54, 1.807) is 12.1 Å². The summed E-state index contributed by atoms with van der Waals surface area (Å²) in [6, 6.07) is 39.0. The Labute approximate surface area is 327 Å². The van der Waals surface area contributed by atoms with Crippen LogP contribution in [0.1, 0.15) is 85.9 Å². The van der Waals surface area contributed by atoms with E-state index >= 15 is 4.39 Å². The van der Waals surface area contributed by atoms with E-state index in [4.69, 9.17) is 4.74 Å². The Balaban J connectivity index is 1.15. The molecule has 7 aromatic carbocycles. The molecule has 0 saturated carbocycles. The Hall–Kier alpha value is -5.74. The van der Waals surface area contributed by atoms with Crippen LogP contribution in [0.15, 0.2) is 121 Å². The summed E-state index contributed by atoms with van der Waals surface area (Å²) in [6.45, 7) is 11.1. The summed E-state index contributed by atoms with van der Waals surface area (Å²) in [6.07, 6.45) is 8.10. The first-order valence-corrected chi connectivity index (χ1v) is 20.1. The Bertz CT molecular complexity index is 2840. The molecule has 56 heavy (non-hydrogen) atoms. The lowest BCUT2D eigenvalue weighted by Crippen LogP contribution is -2.35. The van der Waals surface area contributed by atoms with Crippen LogP contribution >= 0.6 is 0 Å². The summed E-state index contributed by atoms with van der Waals surface area (Å²) >= 11 is 0. The Morgan fingerprint density at radius 2 is 1.25 bits per heavy atom. The van der Waals surface area contributed by atoms with Crippen molar-refractivity contribution >= 4 is 33.3 Å². The average Bonchev–Trinajstić information content (AvgIpc) is 3.60. The SMILES string of the molecule is CC1(C)c2cc(F)ccc2-c2c1c1c(c3cc(F)ccc23)OC(c2ccc(N3CCCCC3)cc2)(c2ccc3c(c2)C(C)(C)c2c-3ccc3ccccc23)C=C1. The molecule has 2 nitrogen and oxygen atoms in total. The first-order valence-electron chi connectivity index (χ1n) is 20.1. The summed E-state index contributed by atoms with van der Waals surface area (Å²) in [5.41, 5.74) is 11.5. The number of anilines is 1. The van der Waals surface area contributed by atoms with E-state index in [0.717, 1.165) is 57.4 Å². The van der Waals surface area contributed by atoms with Gasteiger partial charge in [0.2, 0.25) is 0 Å². The highest BCUT2D eigenvalue weighted by Crippen LogP contribution is 2.59. The summed E-state index contributed by atoms with van der Waals surface area (Å²) in [5.74, 6) is 0.0636. The van der Waals surface area contributed by atoms with E-state index in [0.29, 0.717) is 11.1 Å². The van der Waals surface area contributed by atoms with E-state index in [-0.39, 0.29) is 17.0 Å². The largest absolute Gasteiger partial charge is 0.472 e. The van der Waals surface area contributed by atoms with Crippen LogP contribution in [-0.2, 0) is 16.4 Å². The van der Waals surface area contributed by atoms with Gasteiger partial charge in [-0.25, -0.2) is 8.78 Å². The van der Waals surface area contributed by atoms with Gasteiger partial charge >= 0.3 is 0 Å². The number of fused-ring (bicyclic) bond motifs is 13. The zero-order chi connectivity index (χ0) is 38.1. The topological polar surface area (TPSA) is 12.5 Å². The van der Waals surface area contributed by atoms with Gasteiger partial charge in [-0.05, 0) is 128 Å². The molecule has 2 aliphatic heterocycles. The molecule has 1 atom stereocenters. The highest BCUT2D eigenvalue weighted by atomic mass is 19.1. The summed E-state index contributed by atoms with van der Waals surface area (Å²) in [7, 11) is 0. The third-order valence-corrected chi connectivity index (χ3v) is 13.5. The first-order chi connectivity index (χ1) is 27.1. The highest BCUT2D eigenvalue weighted by molar-refractivity contribution is 6.08. The van der Waals surface area contributed by atoms with Gasteiger partial charge in [0.15, 0.2) is 5.60 Å². The molecule has 0 amide bonds. The van der Waals surface area contributed by atoms with Gasteiger partial charge in [0.05, 0.1) is 0 Å². The van der Waals surface area contributed by atoms with Gasteiger partial charge < -0.3 is 9.64 Å². The number of rotatable bonds is 3. The molecule has 0 radical (unpaired) electrons. The predicted molar refractivity (Wildman–Crippen MR) is 226 cm³/mol. The third-order valence-electron chi connectivity index (χ3n) is 13.5. The maximum atomic E-state index is 15.5. The van der Waals surface area contributed by atoms with Crippen LogP contribution in [0.3, 0.4) is 0 Å². The summed E-state index contributed by atoms with van der Waals surface area (Å²) < 4.78 is 38.0. The van der Waals surface area contributed by atoms with E-state index < -0.39 is 11.0 Å². The van der Waals surface area contributed by atoms with Crippen LogP contribution in [0.25, 0.3) is 49.9 Å². The lowest BCUT2D eigenvalue weighted by Gasteiger charge is -2.39. The van der Waals surface area contributed by atoms with Crippen molar-refractivity contribution in [3.05, 3.63) is 172 Å². The van der Waals surface area contributed by atoms with Gasteiger partial charge in [-0.1, -0.05) is 107 Å². The van der Waals surface area contributed by atoms with Crippen molar-refractivity contribution in [3.8, 4) is 28.0 Å². The van der Waals surface area contributed by atoms with E-state index in [1.165, 1.54) is 70.1 Å². The monoisotopic (exact) mass is 735 g/mol. The smallest absolute Gasteiger partial charge is 0.178 e. The van der Waals surface area contributed by atoms with Gasteiger partial charge in [0.25, 0.3) is 0 Å². The van der Waals surface area contributed by atoms with Crippen molar-refractivity contribution in [1.82, 2.24) is 0 Å². The molecule has 7 aromatic rings. The molecule has 1 saturated heterocycles. The summed E-state index contributed by atoms with van der Waals surface area (Å²) in [5, 5.41) is 4.14. The van der Waals surface area contributed by atoms with Crippen molar-refractivity contribution in [2.45, 2.75) is 63.4 Å². The minimum atomic E-state index is -1.02. The lowest BCUT2D eigenvalue weighted by atomic mass is 9.75. The van der Waals surface area contributed by atoms with Crippen LogP contribution in [0.2, 0.25) is 0 Å². The molecule has 0 N–H and O–H groups in total. The second-order valence-corrected chi connectivity index (χ2v) is 17.4. The number of hydrogen-bond donors (Lipinski definition) is 0. The molecule has 11 rings (SSSR count). The number of nitrogens with zero attached hydrogens (tertiary/aromatic N) is 1. The third kappa shape index (κ3) is 4.53. The number of benzene rings is 7. The van der Waals surface area contributed by atoms with Crippen molar-refractivity contribution in [2.24, 2.45) is 0 Å². The van der Waals surface area contributed by atoms with Crippen molar-refractivity contribution in [3.63, 3.8) is 0 Å². The Morgan fingerprint density at radius 1 is 0.571 bits per heavy atom. The van der Waals surface area contributed by atoms with E-state index in [1.807, 2.05) is 12.1 Å². The molecule has 2 heterocycles. The minimum absolute atomic E-state index is 0.262. The predicted octanol–water partition coefficient (Wildman–Crippen LogP) is 13.2. The van der Waals surface area contributed by atoms with Crippen LogP contribution in [0.5, 0.6) is 5.75 Å². The fourth-order valence-corrected chi connectivity index (χ4v) is 10.8. The highest BCUT2D eigenvalue weighted by Gasteiger charge is 2.46. The van der Waals surface area contributed by atoms with Crippen molar-refractivity contribution in [2.75, 3.05) is 18.0 Å². The molecule has 1 fully saturated rings. The molecular weight excluding hydrogens is 693 g/mol. The Morgan fingerprint density at radius 3 is 2.07 bits per heavy atom. The van der Waals surface area contributed by atoms with Gasteiger partial charge in [0, 0.05) is 51.7 Å². The van der Waals surface area contributed by atoms with Gasteiger partial charge in [-0.2, -0.15) is 0 Å². The molecule has 1 unspecified atom stereocenters. The van der Waals surface area contributed by atoms with Gasteiger partial charge in [-0.15, -0.1) is 0 Å². The van der Waals surface area contributed by atoms with Crippen LogP contribution in [0.4, 0.5) is 14.5 Å². The van der Waals surface area contributed by atoms with E-state index in [2.05, 4.69) is 124 Å². The molecule has 276 valence electrons. The number of piperidine rings is 1. The van der Waals surface area contributed by atoms with Gasteiger partial charge in [-0.3, -0.25) is 0 Å². The molecule has 0 aromatic heterocycles. The molecule has 4 heteroatoms. The van der Waals surface area contributed by atoms with Crippen molar-refractivity contribution in [1.29, 1.82) is 0 Å². The fourth-order valence-electron chi connectivity index (χ4n) is 10.8. The zero-order valence-electron chi connectivity index (χ0n) is 32.3. The second kappa shape index (κ2) is 11.6. The molecule has 2 aliphatic carbocycles. The van der Waals surface area contributed by atoms with Crippen LogP contribution in [-0.4, -0.2) is 13.1 Å². The van der Waals surface area contributed by atoms with Gasteiger partial charge in [0.1, 0.15) is 17.4 Å². The standard InChI is InChI=1S/C52H43F2NO/c1-50(2)44-28-33(15-21-38(44)40-20-12-31-10-6-7-11-37(31)47(40)50)52(32-13-18-36(19-14-32)55-26-8-5-9-27-55)25-24-42-48-46(39-22-16-34(53)29-43(39)49(42)56-52)41-23-17-35(54)30-45(41)51(48,3)4/h6-7,10-25,28-30H,5,8-9,26-27H2,1-4H3. The van der Waals surface area contributed by atoms with E-state index in [9.17, 15) is 4.39 Å². The number of ether oxygens (including phenoxy) is 1. The Kier molecular flexibility index (Phi) is 6.98. The molecular formula is C52H43F2NO. The number of hydrogen-bond acceptors (Lipinski definition) is 2. The van der Waals surface area contributed by atoms with Crippen molar-refractivity contribution < 1.29 is 13.5 Å². The maximum absolute atomic E-state index is 15.5. The van der Waals surface area contributed by atoms with Crippen LogP contribution < -0.4 is 9.64 Å². The molecule has 0 bridgehead atoms. The average molecular weight is 736 g/mol. The fraction of sp³-hybridized carbons (Fsp3) is 0.231. The lowest BCUT2D eigenvalue weighted by molar-refractivity contribution is 0.163. The quantitative estimate of drug-likeness (QED) is 0.179. The normalized spacial score (nSPS) is 19.6. The maximum Gasteiger partial charge on any atom is 0.178 e. The first kappa shape index (κ1) is 33.6. The number of halogens is 2. The minimum Gasteiger partial charge on any atom is -0.472 e. The summed E-state index contributed by atoms with van der Waals surface area (Å²) in [4.78, 5) is 2.48. The second-order valence-electron chi connectivity index (χ2n) is 17.4.